The van der Waals surface area contributed by atoms with Crippen LogP contribution in [0.4, 0.5) is 10.5 Å². The van der Waals surface area contributed by atoms with E-state index in [1.165, 1.54) is 11.1 Å². The Hall–Kier alpha value is -2.33. The van der Waals surface area contributed by atoms with Gasteiger partial charge in [0.15, 0.2) is 0 Å². The standard InChI is InChI=1S/C29H43NO3/c1-7-24-12-15-26(16-13-24)30-28(31)33-27-19-23(5)10-8-9-22(4)11-14-25(21(2)3)17-18-29(6,32)20-27/h9,12-13,15-19,21,25,27,32H,7-8,10-11,14,20H2,1-6H3,(H,30,31)/b18-17+,22-9+,23-19+/t25-,27+,29-/m1/s1. The van der Waals surface area contributed by atoms with Crippen LogP contribution in [0.15, 0.2) is 59.7 Å². The Kier molecular flexibility index (Phi) is 10.4. The first-order valence-electron chi connectivity index (χ1n) is 12.4. The highest BCUT2D eigenvalue weighted by molar-refractivity contribution is 5.84. The number of ether oxygens (including phenoxy) is 1. The van der Waals surface area contributed by atoms with Crippen molar-refractivity contribution in [2.24, 2.45) is 11.8 Å². The number of rotatable bonds is 4. The molecule has 1 aromatic rings. The normalized spacial score (nSPS) is 29.2. The molecule has 0 heterocycles. The minimum atomic E-state index is -1.08. The van der Waals surface area contributed by atoms with E-state index in [4.69, 9.17) is 4.74 Å². The van der Waals surface area contributed by atoms with E-state index in [0.29, 0.717) is 23.9 Å². The average molecular weight is 454 g/mol. The predicted molar refractivity (Wildman–Crippen MR) is 138 cm³/mol. The van der Waals surface area contributed by atoms with E-state index < -0.39 is 17.8 Å². The molecule has 1 aromatic carbocycles. The van der Waals surface area contributed by atoms with Crippen molar-refractivity contribution in [1.29, 1.82) is 0 Å². The van der Waals surface area contributed by atoms with Crippen LogP contribution in [0.2, 0.25) is 0 Å². The highest BCUT2D eigenvalue weighted by atomic mass is 16.6. The molecular formula is C29H43NO3. The van der Waals surface area contributed by atoms with Crippen molar-refractivity contribution >= 4 is 11.8 Å². The van der Waals surface area contributed by atoms with E-state index in [2.05, 4.69) is 52.1 Å². The van der Waals surface area contributed by atoms with Gasteiger partial charge in [-0.25, -0.2) is 4.79 Å². The molecule has 0 unspecified atom stereocenters. The number of aryl methyl sites for hydroxylation is 1. The van der Waals surface area contributed by atoms with Gasteiger partial charge in [-0.15, -0.1) is 0 Å². The lowest BCUT2D eigenvalue weighted by atomic mass is 9.86. The maximum atomic E-state index is 12.6. The number of anilines is 1. The van der Waals surface area contributed by atoms with E-state index in [1.807, 2.05) is 36.4 Å². The number of hydrogen-bond donors (Lipinski definition) is 2. The first-order valence-corrected chi connectivity index (χ1v) is 12.4. The molecule has 0 saturated carbocycles. The fourth-order valence-corrected chi connectivity index (χ4v) is 4.14. The van der Waals surface area contributed by atoms with Crippen LogP contribution in [0.3, 0.4) is 0 Å². The summed E-state index contributed by atoms with van der Waals surface area (Å²) < 4.78 is 5.78. The Morgan fingerprint density at radius 3 is 2.52 bits per heavy atom. The van der Waals surface area contributed by atoms with Crippen LogP contribution in [0.25, 0.3) is 0 Å². The van der Waals surface area contributed by atoms with E-state index in [1.54, 1.807) is 6.92 Å². The average Bonchev–Trinajstić information content (AvgIpc) is 2.72. The largest absolute Gasteiger partial charge is 0.442 e. The molecule has 4 heteroatoms. The number of amides is 1. The van der Waals surface area contributed by atoms with Gasteiger partial charge in [-0.1, -0.05) is 62.3 Å². The summed E-state index contributed by atoms with van der Waals surface area (Å²) in [6.45, 7) is 12.6. The lowest BCUT2D eigenvalue weighted by Crippen LogP contribution is -2.31. The van der Waals surface area contributed by atoms with Crippen molar-refractivity contribution in [3.8, 4) is 0 Å². The monoisotopic (exact) mass is 453 g/mol. The highest BCUT2D eigenvalue weighted by Crippen LogP contribution is 2.26. The summed E-state index contributed by atoms with van der Waals surface area (Å²) >= 11 is 0. The molecule has 1 aliphatic carbocycles. The number of hydrogen-bond acceptors (Lipinski definition) is 3. The SMILES string of the molecule is CCc1ccc(NC(=O)O[C@H]2/C=C(\C)CC/C=C(\C)CC[C@@H](C(C)C)/C=C/[C@@](C)(O)C2)cc1. The fourth-order valence-electron chi connectivity index (χ4n) is 4.14. The van der Waals surface area contributed by atoms with Gasteiger partial charge in [-0.3, -0.25) is 5.32 Å². The zero-order valence-electron chi connectivity index (χ0n) is 21.4. The van der Waals surface area contributed by atoms with Crippen LogP contribution in [0.1, 0.15) is 79.2 Å². The number of carbonyl (C=O) groups is 1. The van der Waals surface area contributed by atoms with Gasteiger partial charge in [-0.05, 0) is 88.5 Å². The van der Waals surface area contributed by atoms with Gasteiger partial charge < -0.3 is 9.84 Å². The molecule has 1 amide bonds. The Balaban J connectivity index is 2.20. The summed E-state index contributed by atoms with van der Waals surface area (Å²) in [5.74, 6) is 0.894. The molecule has 2 rings (SSSR count). The maximum Gasteiger partial charge on any atom is 0.412 e. The lowest BCUT2D eigenvalue weighted by molar-refractivity contribution is 0.0471. The minimum Gasteiger partial charge on any atom is -0.442 e. The molecule has 0 spiro atoms. The molecule has 182 valence electrons. The fraction of sp³-hybridized carbons (Fsp3) is 0.552. The summed E-state index contributed by atoms with van der Waals surface area (Å²) in [6.07, 6.45) is 12.6. The van der Waals surface area contributed by atoms with Gasteiger partial charge in [0.25, 0.3) is 0 Å². The number of benzene rings is 1. The Bertz CT molecular complexity index is 846. The Labute approximate surface area is 200 Å². The van der Waals surface area contributed by atoms with Crippen LogP contribution < -0.4 is 5.32 Å². The van der Waals surface area contributed by atoms with Crippen molar-refractivity contribution in [3.05, 3.63) is 65.3 Å². The highest BCUT2D eigenvalue weighted by Gasteiger charge is 2.25. The third-order valence-electron chi connectivity index (χ3n) is 6.41. The second kappa shape index (κ2) is 12.8. The van der Waals surface area contributed by atoms with E-state index >= 15 is 0 Å². The first kappa shape index (κ1) is 26.9. The van der Waals surface area contributed by atoms with Crippen LogP contribution in [0.5, 0.6) is 0 Å². The van der Waals surface area contributed by atoms with Gasteiger partial charge in [-0.2, -0.15) is 0 Å². The van der Waals surface area contributed by atoms with Crippen LogP contribution in [-0.2, 0) is 11.2 Å². The molecule has 3 atom stereocenters. The lowest BCUT2D eigenvalue weighted by Gasteiger charge is -2.26. The second-order valence-electron chi connectivity index (χ2n) is 10.1. The predicted octanol–water partition coefficient (Wildman–Crippen LogP) is 7.60. The quantitative estimate of drug-likeness (QED) is 0.461. The minimum absolute atomic E-state index is 0.308. The van der Waals surface area contributed by atoms with Crippen LogP contribution in [-0.4, -0.2) is 22.9 Å². The molecule has 1 aliphatic rings. The Morgan fingerprint density at radius 2 is 1.88 bits per heavy atom. The molecule has 0 fully saturated rings. The number of nitrogens with one attached hydrogen (secondary N) is 1. The summed E-state index contributed by atoms with van der Waals surface area (Å²) in [7, 11) is 0. The van der Waals surface area contributed by atoms with Gasteiger partial charge in [0.05, 0.1) is 5.60 Å². The Morgan fingerprint density at radius 1 is 1.18 bits per heavy atom. The molecule has 0 aromatic heterocycles. The van der Waals surface area contributed by atoms with Crippen LogP contribution in [0, 0.1) is 11.8 Å². The molecule has 0 aliphatic heterocycles. The van der Waals surface area contributed by atoms with Gasteiger partial charge in [0, 0.05) is 12.1 Å². The molecular weight excluding hydrogens is 410 g/mol. The van der Waals surface area contributed by atoms with Gasteiger partial charge >= 0.3 is 6.09 Å². The van der Waals surface area contributed by atoms with E-state index in [0.717, 1.165) is 37.7 Å². The third-order valence-corrected chi connectivity index (χ3v) is 6.41. The molecule has 33 heavy (non-hydrogen) atoms. The summed E-state index contributed by atoms with van der Waals surface area (Å²) in [5, 5.41) is 13.9. The van der Waals surface area contributed by atoms with Gasteiger partial charge in [0.2, 0.25) is 0 Å². The molecule has 0 bridgehead atoms. The van der Waals surface area contributed by atoms with Crippen molar-refractivity contribution in [1.82, 2.24) is 0 Å². The number of aliphatic hydroxyl groups is 1. The molecule has 0 saturated heterocycles. The third kappa shape index (κ3) is 10.00. The van der Waals surface area contributed by atoms with Crippen molar-refractivity contribution in [3.63, 3.8) is 0 Å². The molecule has 0 radical (unpaired) electrons. The zero-order chi connectivity index (χ0) is 24.4. The molecule has 4 nitrogen and oxygen atoms in total. The van der Waals surface area contributed by atoms with Gasteiger partial charge in [0.1, 0.15) is 6.10 Å². The zero-order valence-corrected chi connectivity index (χ0v) is 21.4. The molecule has 2 N–H and O–H groups in total. The van der Waals surface area contributed by atoms with Crippen molar-refractivity contribution in [2.75, 3.05) is 5.32 Å². The summed E-state index contributed by atoms with van der Waals surface area (Å²) in [4.78, 5) is 12.6. The number of carbonyl (C=O) groups excluding carboxylic acids is 1. The van der Waals surface area contributed by atoms with E-state index in [-0.39, 0.29) is 0 Å². The summed E-state index contributed by atoms with van der Waals surface area (Å²) in [5.41, 5.74) is 3.40. The summed E-state index contributed by atoms with van der Waals surface area (Å²) in [6, 6.07) is 7.76. The topological polar surface area (TPSA) is 58.6 Å². The number of allylic oxidation sites excluding steroid dienone is 4. The van der Waals surface area contributed by atoms with Crippen molar-refractivity contribution < 1.29 is 14.6 Å². The van der Waals surface area contributed by atoms with Crippen LogP contribution >= 0.6 is 0 Å². The maximum absolute atomic E-state index is 12.6. The smallest absolute Gasteiger partial charge is 0.412 e. The second-order valence-corrected chi connectivity index (χ2v) is 10.1. The van der Waals surface area contributed by atoms with E-state index in [9.17, 15) is 9.90 Å². The first-order chi connectivity index (χ1) is 15.6. The van der Waals surface area contributed by atoms with Crippen molar-refractivity contribution in [2.45, 2.75) is 91.8 Å².